The van der Waals surface area contributed by atoms with E-state index in [1.807, 2.05) is 0 Å². The lowest BCUT2D eigenvalue weighted by molar-refractivity contribution is 0.0497. The van der Waals surface area contributed by atoms with E-state index in [1.54, 1.807) is 19.2 Å². The van der Waals surface area contributed by atoms with Crippen LogP contribution in [0.2, 0.25) is 0 Å². The number of nitrogens with zero attached hydrogens (tertiary/aromatic N) is 1. The minimum atomic E-state index is -0.954. The normalized spacial score (nSPS) is 23.1. The van der Waals surface area contributed by atoms with Gasteiger partial charge in [-0.2, -0.15) is 5.26 Å². The van der Waals surface area contributed by atoms with Gasteiger partial charge in [0, 0.05) is 16.6 Å². The molecule has 1 saturated heterocycles. The van der Waals surface area contributed by atoms with E-state index in [0.29, 0.717) is 34.6 Å². The van der Waals surface area contributed by atoms with Crippen molar-refractivity contribution >= 4 is 15.9 Å². The third-order valence-corrected chi connectivity index (χ3v) is 4.28. The van der Waals surface area contributed by atoms with Crippen molar-refractivity contribution in [3.63, 3.8) is 0 Å². The summed E-state index contributed by atoms with van der Waals surface area (Å²) < 4.78 is 16.4. The molecule has 1 heterocycles. The van der Waals surface area contributed by atoms with Crippen molar-refractivity contribution in [2.45, 2.75) is 12.5 Å². The number of rotatable bonds is 4. The minimum Gasteiger partial charge on any atom is -0.493 e. The summed E-state index contributed by atoms with van der Waals surface area (Å²) in [6.07, 6.45) is -0.449. The third kappa shape index (κ3) is 2.49. The van der Waals surface area contributed by atoms with E-state index in [9.17, 15) is 10.4 Å². The number of nitriles is 1. The van der Waals surface area contributed by atoms with E-state index in [4.69, 9.17) is 14.2 Å². The van der Waals surface area contributed by atoms with E-state index in [1.165, 1.54) is 7.11 Å². The highest BCUT2D eigenvalue weighted by Gasteiger charge is 2.44. The predicted octanol–water partition coefficient (Wildman–Crippen LogP) is 2.43. The summed E-state index contributed by atoms with van der Waals surface area (Å²) in [6.45, 7) is 0.709. The van der Waals surface area contributed by atoms with E-state index >= 15 is 0 Å². The number of halogens is 1. The van der Waals surface area contributed by atoms with Crippen LogP contribution < -0.4 is 9.47 Å². The second kappa shape index (κ2) is 6.00. The van der Waals surface area contributed by atoms with Crippen molar-refractivity contribution < 1.29 is 19.3 Å². The van der Waals surface area contributed by atoms with Gasteiger partial charge in [0.2, 0.25) is 0 Å². The average Bonchev–Trinajstić information content (AvgIpc) is 2.96. The van der Waals surface area contributed by atoms with Gasteiger partial charge in [-0.05, 0) is 18.6 Å². The average molecular weight is 342 g/mol. The molecule has 0 bridgehead atoms. The monoisotopic (exact) mass is 341 g/mol. The number of aliphatic hydroxyl groups is 1. The van der Waals surface area contributed by atoms with Crippen LogP contribution in [-0.4, -0.2) is 32.5 Å². The molecule has 2 unspecified atom stereocenters. The Morgan fingerprint density at radius 3 is 2.55 bits per heavy atom. The van der Waals surface area contributed by atoms with Gasteiger partial charge in [-0.3, -0.25) is 0 Å². The maximum atomic E-state index is 10.6. The summed E-state index contributed by atoms with van der Waals surface area (Å²) in [7, 11) is 3.07. The van der Waals surface area contributed by atoms with Crippen molar-refractivity contribution in [2.75, 3.05) is 27.4 Å². The summed E-state index contributed by atoms with van der Waals surface area (Å²) in [5, 5.41) is 20.0. The molecule has 2 rings (SSSR count). The Kier molecular flexibility index (Phi) is 4.53. The van der Waals surface area contributed by atoms with Gasteiger partial charge in [0.1, 0.15) is 11.5 Å². The molecule has 1 fully saturated rings. The Bertz CT molecular complexity index is 535. The highest BCUT2D eigenvalue weighted by Crippen LogP contribution is 2.45. The molecule has 0 radical (unpaired) electrons. The van der Waals surface area contributed by atoms with Crippen molar-refractivity contribution in [3.8, 4) is 17.6 Å². The maximum absolute atomic E-state index is 10.6. The zero-order valence-corrected chi connectivity index (χ0v) is 12.9. The van der Waals surface area contributed by atoms with Crippen LogP contribution in [0.1, 0.15) is 18.1 Å². The zero-order valence-electron chi connectivity index (χ0n) is 11.4. The number of aliphatic hydroxyl groups excluding tert-OH is 1. The van der Waals surface area contributed by atoms with E-state index in [0.717, 1.165) is 0 Å². The van der Waals surface area contributed by atoms with Crippen LogP contribution in [0.4, 0.5) is 0 Å². The van der Waals surface area contributed by atoms with E-state index in [2.05, 4.69) is 22.0 Å². The lowest BCUT2D eigenvalue weighted by Gasteiger charge is -2.27. The molecule has 1 aliphatic rings. The fourth-order valence-corrected chi connectivity index (χ4v) is 2.86. The molecule has 0 aromatic heterocycles. The van der Waals surface area contributed by atoms with E-state index in [-0.39, 0.29) is 6.61 Å². The Hall–Kier alpha value is -1.29. The van der Waals surface area contributed by atoms with Crippen molar-refractivity contribution in [1.82, 2.24) is 0 Å². The second-order valence-electron chi connectivity index (χ2n) is 4.70. The summed E-state index contributed by atoms with van der Waals surface area (Å²) in [5.74, 6) is 1.07. The first kappa shape index (κ1) is 15.1. The fourth-order valence-electron chi connectivity index (χ4n) is 2.32. The highest BCUT2D eigenvalue weighted by molar-refractivity contribution is 9.10. The number of ether oxygens (including phenoxy) is 3. The van der Waals surface area contributed by atoms with Crippen molar-refractivity contribution in [2.24, 2.45) is 5.41 Å². The molecule has 1 N–H and O–H groups in total. The van der Waals surface area contributed by atoms with Gasteiger partial charge in [-0.1, -0.05) is 15.9 Å². The first-order valence-corrected chi connectivity index (χ1v) is 6.96. The van der Waals surface area contributed by atoms with Crippen LogP contribution >= 0.6 is 15.9 Å². The predicted molar refractivity (Wildman–Crippen MR) is 75.7 cm³/mol. The molecule has 6 heteroatoms. The van der Waals surface area contributed by atoms with Crippen LogP contribution in [0.25, 0.3) is 0 Å². The first-order chi connectivity index (χ1) is 9.57. The van der Waals surface area contributed by atoms with Gasteiger partial charge in [-0.15, -0.1) is 0 Å². The Labute approximate surface area is 126 Å². The molecule has 1 aliphatic heterocycles. The Balaban J connectivity index is 2.44. The number of hydrogen-bond acceptors (Lipinski definition) is 5. The topological polar surface area (TPSA) is 71.7 Å². The Morgan fingerprint density at radius 1 is 1.40 bits per heavy atom. The summed E-state index contributed by atoms with van der Waals surface area (Å²) in [6, 6.07) is 5.61. The zero-order chi connectivity index (χ0) is 14.8. The fraction of sp³-hybridized carbons (Fsp3) is 0.500. The first-order valence-electron chi connectivity index (χ1n) is 6.16. The second-order valence-corrected chi connectivity index (χ2v) is 5.56. The van der Waals surface area contributed by atoms with Crippen LogP contribution in [-0.2, 0) is 4.74 Å². The molecule has 0 aliphatic carbocycles. The quantitative estimate of drug-likeness (QED) is 0.910. The lowest BCUT2D eigenvalue weighted by Crippen LogP contribution is -2.28. The maximum Gasteiger partial charge on any atom is 0.161 e. The number of methoxy groups -OCH3 is 2. The molecule has 0 amide bonds. The molecular formula is C14H16BrNO4. The van der Waals surface area contributed by atoms with Gasteiger partial charge in [0.15, 0.2) is 11.5 Å². The number of benzene rings is 1. The summed E-state index contributed by atoms with van der Waals surface area (Å²) in [5.41, 5.74) is -0.322. The van der Waals surface area contributed by atoms with Gasteiger partial charge >= 0.3 is 0 Å². The molecule has 5 nitrogen and oxygen atoms in total. The summed E-state index contributed by atoms with van der Waals surface area (Å²) >= 11 is 3.41. The Morgan fingerprint density at radius 2 is 2.05 bits per heavy atom. The van der Waals surface area contributed by atoms with Gasteiger partial charge < -0.3 is 19.3 Å². The van der Waals surface area contributed by atoms with Crippen molar-refractivity contribution in [3.05, 3.63) is 22.2 Å². The van der Waals surface area contributed by atoms with Crippen LogP contribution in [0.3, 0.4) is 0 Å². The lowest BCUT2D eigenvalue weighted by atomic mass is 9.79. The van der Waals surface area contributed by atoms with Crippen LogP contribution in [0, 0.1) is 16.7 Å². The number of hydrogen-bond donors (Lipinski definition) is 1. The molecular weight excluding hydrogens is 326 g/mol. The third-order valence-electron chi connectivity index (χ3n) is 3.60. The summed E-state index contributed by atoms with van der Waals surface area (Å²) in [4.78, 5) is 0. The van der Waals surface area contributed by atoms with Gasteiger partial charge in [0.25, 0.3) is 0 Å². The van der Waals surface area contributed by atoms with Gasteiger partial charge in [-0.25, -0.2) is 0 Å². The van der Waals surface area contributed by atoms with Crippen LogP contribution in [0.5, 0.6) is 11.5 Å². The van der Waals surface area contributed by atoms with E-state index < -0.39 is 11.5 Å². The van der Waals surface area contributed by atoms with Crippen LogP contribution in [0.15, 0.2) is 16.6 Å². The highest BCUT2D eigenvalue weighted by atomic mass is 79.9. The molecule has 0 spiro atoms. The molecule has 2 atom stereocenters. The smallest absolute Gasteiger partial charge is 0.161 e. The largest absolute Gasteiger partial charge is 0.493 e. The van der Waals surface area contributed by atoms with Gasteiger partial charge in [0.05, 0.1) is 26.9 Å². The molecule has 20 heavy (non-hydrogen) atoms. The van der Waals surface area contributed by atoms with Crippen molar-refractivity contribution in [1.29, 1.82) is 5.26 Å². The SMILES string of the molecule is COc1cc(Br)c(C(O)C2(C#N)CCOC2)cc1OC. The molecule has 0 saturated carbocycles. The molecule has 1 aromatic carbocycles. The standard InChI is InChI=1S/C14H16BrNO4/c1-18-11-5-9(10(15)6-12(11)19-2)13(17)14(7-16)3-4-20-8-14/h5-6,13,17H,3-4,8H2,1-2H3. The minimum absolute atomic E-state index is 0.228. The molecule has 108 valence electrons. The molecule has 1 aromatic rings.